The summed E-state index contributed by atoms with van der Waals surface area (Å²) in [6.45, 7) is 4.03. The maximum atomic E-state index is 11.0. The molecule has 0 aliphatic carbocycles. The lowest BCUT2D eigenvalue weighted by atomic mass is 10.3. The molecule has 0 aromatic rings. The molecule has 0 unspecified atom stereocenters. The zero-order chi connectivity index (χ0) is 9.40. The van der Waals surface area contributed by atoms with Crippen LogP contribution in [0.4, 0.5) is 0 Å². The second-order valence-electron chi connectivity index (χ2n) is 2.53. The first kappa shape index (κ1) is 10.9. The highest BCUT2D eigenvalue weighted by atomic mass is 16.5. The SMILES string of the molecule is CCCCOC(=O)[C@H](C)NC=O. The summed E-state index contributed by atoms with van der Waals surface area (Å²) < 4.78 is 4.84. The molecule has 1 N–H and O–H groups in total. The second-order valence-corrected chi connectivity index (χ2v) is 2.53. The highest BCUT2D eigenvalue weighted by Gasteiger charge is 2.11. The third-order valence-corrected chi connectivity index (χ3v) is 1.41. The van der Waals surface area contributed by atoms with Gasteiger partial charge in [-0.05, 0) is 13.3 Å². The molecule has 0 aliphatic heterocycles. The minimum absolute atomic E-state index is 0.379. The predicted molar refractivity (Wildman–Crippen MR) is 44.5 cm³/mol. The average molecular weight is 173 g/mol. The summed E-state index contributed by atoms with van der Waals surface area (Å²) in [5.74, 6) is -0.379. The van der Waals surface area contributed by atoms with Gasteiger partial charge in [0.25, 0.3) is 0 Å². The highest BCUT2D eigenvalue weighted by Crippen LogP contribution is 1.91. The number of carbonyl (C=O) groups excluding carboxylic acids is 2. The van der Waals surface area contributed by atoms with E-state index in [9.17, 15) is 9.59 Å². The number of esters is 1. The third-order valence-electron chi connectivity index (χ3n) is 1.41. The number of carbonyl (C=O) groups is 2. The standard InChI is InChI=1S/C8H15NO3/c1-3-4-5-12-8(11)7(2)9-6-10/h6-7H,3-5H2,1-2H3,(H,9,10)/t7-/m0/s1. The Morgan fingerprint density at radius 2 is 2.33 bits per heavy atom. The van der Waals surface area contributed by atoms with Gasteiger partial charge in [0.15, 0.2) is 0 Å². The number of hydrogen-bond donors (Lipinski definition) is 1. The Kier molecular flexibility index (Phi) is 6.05. The van der Waals surface area contributed by atoms with E-state index in [1.165, 1.54) is 0 Å². The number of unbranched alkanes of at least 4 members (excludes halogenated alkanes) is 1. The molecule has 0 saturated heterocycles. The van der Waals surface area contributed by atoms with E-state index in [1.54, 1.807) is 6.92 Å². The molecule has 0 radical (unpaired) electrons. The van der Waals surface area contributed by atoms with Crippen molar-refractivity contribution in [2.45, 2.75) is 32.7 Å². The van der Waals surface area contributed by atoms with Gasteiger partial charge >= 0.3 is 5.97 Å². The van der Waals surface area contributed by atoms with Crippen LogP contribution >= 0.6 is 0 Å². The lowest BCUT2D eigenvalue weighted by molar-refractivity contribution is -0.146. The predicted octanol–water partition coefficient (Wildman–Crippen LogP) is 0.464. The van der Waals surface area contributed by atoms with Gasteiger partial charge in [-0.25, -0.2) is 4.79 Å². The Balaban J connectivity index is 3.49. The van der Waals surface area contributed by atoms with Gasteiger partial charge in [0.2, 0.25) is 6.41 Å². The lowest BCUT2D eigenvalue weighted by Crippen LogP contribution is -2.34. The van der Waals surface area contributed by atoms with Gasteiger partial charge in [-0.2, -0.15) is 0 Å². The zero-order valence-electron chi connectivity index (χ0n) is 7.50. The lowest BCUT2D eigenvalue weighted by Gasteiger charge is -2.09. The fraction of sp³-hybridized carbons (Fsp3) is 0.750. The zero-order valence-corrected chi connectivity index (χ0v) is 7.50. The van der Waals surface area contributed by atoms with E-state index in [1.807, 2.05) is 6.92 Å². The summed E-state index contributed by atoms with van der Waals surface area (Å²) in [7, 11) is 0. The van der Waals surface area contributed by atoms with Gasteiger partial charge in [0.05, 0.1) is 6.61 Å². The summed E-state index contributed by atoms with van der Waals surface area (Å²) in [5.41, 5.74) is 0. The first-order valence-corrected chi connectivity index (χ1v) is 4.08. The monoisotopic (exact) mass is 173 g/mol. The van der Waals surface area contributed by atoms with E-state index < -0.39 is 6.04 Å². The Morgan fingerprint density at radius 1 is 1.67 bits per heavy atom. The Bertz CT molecular complexity index is 147. The van der Waals surface area contributed by atoms with Crippen LogP contribution in [0.5, 0.6) is 0 Å². The number of hydrogen-bond acceptors (Lipinski definition) is 3. The van der Waals surface area contributed by atoms with Crippen molar-refractivity contribution in [1.82, 2.24) is 5.32 Å². The van der Waals surface area contributed by atoms with Crippen LogP contribution in [0, 0.1) is 0 Å². The van der Waals surface area contributed by atoms with Crippen molar-refractivity contribution in [2.75, 3.05) is 6.61 Å². The van der Waals surface area contributed by atoms with Crippen LogP contribution < -0.4 is 5.32 Å². The summed E-state index contributed by atoms with van der Waals surface area (Å²) in [4.78, 5) is 20.9. The third kappa shape index (κ3) is 4.71. The molecule has 0 heterocycles. The Labute approximate surface area is 72.3 Å². The van der Waals surface area contributed by atoms with Crippen molar-refractivity contribution in [3.63, 3.8) is 0 Å². The van der Waals surface area contributed by atoms with Gasteiger partial charge < -0.3 is 10.1 Å². The maximum Gasteiger partial charge on any atom is 0.328 e. The summed E-state index contributed by atoms with van der Waals surface area (Å²) in [6, 6.07) is -0.542. The molecule has 4 nitrogen and oxygen atoms in total. The van der Waals surface area contributed by atoms with Crippen molar-refractivity contribution < 1.29 is 14.3 Å². The molecule has 0 fully saturated rings. The first-order valence-electron chi connectivity index (χ1n) is 4.08. The summed E-state index contributed by atoms with van der Waals surface area (Å²) in [6.07, 6.45) is 2.34. The van der Waals surface area contributed by atoms with Crippen molar-refractivity contribution in [1.29, 1.82) is 0 Å². The van der Waals surface area contributed by atoms with Crippen LogP contribution in [0.15, 0.2) is 0 Å². The van der Waals surface area contributed by atoms with Crippen LogP contribution in [-0.4, -0.2) is 25.0 Å². The molecular formula is C8H15NO3. The quantitative estimate of drug-likeness (QED) is 0.361. The molecule has 0 aromatic heterocycles. The molecule has 1 atom stereocenters. The van der Waals surface area contributed by atoms with E-state index >= 15 is 0 Å². The van der Waals surface area contributed by atoms with Gasteiger partial charge in [-0.1, -0.05) is 13.3 Å². The molecule has 70 valence electrons. The molecule has 0 bridgehead atoms. The fourth-order valence-electron chi connectivity index (χ4n) is 0.612. The van der Waals surface area contributed by atoms with Gasteiger partial charge in [-0.3, -0.25) is 4.79 Å². The largest absolute Gasteiger partial charge is 0.464 e. The van der Waals surface area contributed by atoms with Crippen molar-refractivity contribution in [3.8, 4) is 0 Å². The minimum atomic E-state index is -0.542. The fourth-order valence-corrected chi connectivity index (χ4v) is 0.612. The smallest absolute Gasteiger partial charge is 0.328 e. The molecule has 0 saturated carbocycles. The molecule has 4 heteroatoms. The molecular weight excluding hydrogens is 158 g/mol. The van der Waals surface area contributed by atoms with E-state index in [0.717, 1.165) is 12.8 Å². The minimum Gasteiger partial charge on any atom is -0.464 e. The van der Waals surface area contributed by atoms with Crippen LogP contribution in [0.3, 0.4) is 0 Å². The molecule has 0 aromatic carbocycles. The van der Waals surface area contributed by atoms with E-state index in [2.05, 4.69) is 5.32 Å². The molecule has 0 spiro atoms. The van der Waals surface area contributed by atoms with E-state index in [4.69, 9.17) is 4.74 Å². The molecule has 0 rings (SSSR count). The van der Waals surface area contributed by atoms with Crippen molar-refractivity contribution in [3.05, 3.63) is 0 Å². The average Bonchev–Trinajstić information content (AvgIpc) is 2.05. The molecule has 12 heavy (non-hydrogen) atoms. The van der Waals surface area contributed by atoms with Gasteiger partial charge in [0, 0.05) is 0 Å². The van der Waals surface area contributed by atoms with Crippen molar-refractivity contribution >= 4 is 12.4 Å². The van der Waals surface area contributed by atoms with Crippen LogP contribution in [0.1, 0.15) is 26.7 Å². The number of ether oxygens (including phenoxy) is 1. The van der Waals surface area contributed by atoms with Crippen molar-refractivity contribution in [2.24, 2.45) is 0 Å². The van der Waals surface area contributed by atoms with Gasteiger partial charge in [-0.15, -0.1) is 0 Å². The topological polar surface area (TPSA) is 55.4 Å². The van der Waals surface area contributed by atoms with Gasteiger partial charge in [0.1, 0.15) is 6.04 Å². The number of nitrogens with one attached hydrogen (secondary N) is 1. The first-order chi connectivity index (χ1) is 5.72. The van der Waals surface area contributed by atoms with Crippen LogP contribution in [-0.2, 0) is 14.3 Å². The summed E-state index contributed by atoms with van der Waals surface area (Å²) >= 11 is 0. The second kappa shape index (κ2) is 6.64. The van der Waals surface area contributed by atoms with E-state index in [0.29, 0.717) is 13.0 Å². The Hall–Kier alpha value is -1.06. The van der Waals surface area contributed by atoms with Crippen LogP contribution in [0.25, 0.3) is 0 Å². The molecule has 0 aliphatic rings. The summed E-state index contributed by atoms with van der Waals surface area (Å²) in [5, 5.41) is 2.32. The Morgan fingerprint density at radius 3 is 2.83 bits per heavy atom. The normalized spacial score (nSPS) is 11.8. The highest BCUT2D eigenvalue weighted by molar-refractivity contribution is 5.77. The maximum absolute atomic E-state index is 11.0. The number of amides is 1. The molecule has 1 amide bonds. The van der Waals surface area contributed by atoms with E-state index in [-0.39, 0.29) is 5.97 Å². The van der Waals surface area contributed by atoms with Crippen LogP contribution in [0.2, 0.25) is 0 Å². The number of rotatable bonds is 6.